The van der Waals surface area contributed by atoms with Crippen LogP contribution in [0.5, 0.6) is 0 Å². The minimum atomic E-state index is -3.50. The molecule has 1 aromatic heterocycles. The van der Waals surface area contributed by atoms with Gasteiger partial charge in [-0.2, -0.15) is 0 Å². The lowest BCUT2D eigenvalue weighted by molar-refractivity contribution is 0.594. The molecule has 0 aliphatic heterocycles. The lowest BCUT2D eigenvalue weighted by Gasteiger charge is -2.03. The van der Waals surface area contributed by atoms with Crippen LogP contribution in [0, 0.1) is 0 Å². The van der Waals surface area contributed by atoms with Gasteiger partial charge >= 0.3 is 0 Å². The molecule has 0 atom stereocenters. The molecule has 0 saturated heterocycles. The van der Waals surface area contributed by atoms with Gasteiger partial charge < -0.3 is 0 Å². The van der Waals surface area contributed by atoms with Gasteiger partial charge in [-0.15, -0.1) is 11.3 Å². The van der Waals surface area contributed by atoms with Gasteiger partial charge in [0.05, 0.1) is 26.0 Å². The molecule has 21 heavy (non-hydrogen) atoms. The second-order valence-electron chi connectivity index (χ2n) is 4.46. The predicted molar refractivity (Wildman–Crippen MR) is 87.0 cm³/mol. The van der Waals surface area contributed by atoms with Gasteiger partial charge in [0, 0.05) is 0 Å². The first kappa shape index (κ1) is 14.8. The summed E-state index contributed by atoms with van der Waals surface area (Å²) in [5, 5.41) is 0.742. The molecule has 0 fully saturated rings. The van der Waals surface area contributed by atoms with Crippen molar-refractivity contribution in [2.24, 2.45) is 0 Å². The number of nitrogens with zero attached hydrogens (tertiary/aromatic N) is 1. The van der Waals surface area contributed by atoms with Gasteiger partial charge in [-0.3, -0.25) is 0 Å². The Kier molecular flexibility index (Phi) is 3.92. The highest BCUT2D eigenvalue weighted by molar-refractivity contribution is 7.92. The number of thiazole rings is 1. The summed E-state index contributed by atoms with van der Waals surface area (Å²) >= 11 is 12.9. The fourth-order valence-electron chi connectivity index (χ4n) is 1.89. The van der Waals surface area contributed by atoms with Crippen LogP contribution in [0.3, 0.4) is 0 Å². The Morgan fingerprint density at radius 2 is 1.81 bits per heavy atom. The average molecular weight is 358 g/mol. The van der Waals surface area contributed by atoms with E-state index in [1.807, 2.05) is 18.2 Å². The zero-order chi connectivity index (χ0) is 15.0. The lowest BCUT2D eigenvalue weighted by atomic mass is 10.2. The summed E-state index contributed by atoms with van der Waals surface area (Å²) in [7, 11) is -3.50. The number of fused-ring (bicyclic) bond motifs is 1. The molecule has 3 nitrogen and oxygen atoms in total. The molecule has 0 bridgehead atoms. The van der Waals surface area contributed by atoms with Gasteiger partial charge in [0.2, 0.25) is 14.2 Å². The van der Waals surface area contributed by atoms with E-state index in [1.165, 1.54) is 11.3 Å². The molecule has 0 aliphatic carbocycles. The Morgan fingerprint density at radius 3 is 2.52 bits per heavy atom. The monoisotopic (exact) mass is 357 g/mol. The third-order valence-electron chi connectivity index (χ3n) is 2.88. The van der Waals surface area contributed by atoms with Crippen molar-refractivity contribution < 1.29 is 8.42 Å². The molecule has 0 aliphatic rings. The summed E-state index contributed by atoms with van der Waals surface area (Å²) in [5.74, 6) is -0.149. The normalized spacial score (nSPS) is 11.9. The van der Waals surface area contributed by atoms with E-state index in [0.29, 0.717) is 21.1 Å². The van der Waals surface area contributed by atoms with E-state index in [1.54, 1.807) is 24.3 Å². The van der Waals surface area contributed by atoms with Gasteiger partial charge in [0.1, 0.15) is 0 Å². The molecule has 0 amide bonds. The number of hydrogen-bond acceptors (Lipinski definition) is 4. The average Bonchev–Trinajstić information content (AvgIpc) is 2.87. The third kappa shape index (κ3) is 3.06. The molecule has 3 rings (SSSR count). The Morgan fingerprint density at radius 1 is 1.05 bits per heavy atom. The number of halogens is 2. The zero-order valence-electron chi connectivity index (χ0n) is 10.6. The Labute approximate surface area is 136 Å². The smallest absolute Gasteiger partial charge is 0.210 e. The van der Waals surface area contributed by atoms with Crippen molar-refractivity contribution >= 4 is 54.6 Å². The van der Waals surface area contributed by atoms with Gasteiger partial charge in [-0.1, -0.05) is 41.4 Å². The molecule has 3 aromatic rings. The van der Waals surface area contributed by atoms with Gasteiger partial charge in [0.15, 0.2) is 0 Å². The maximum absolute atomic E-state index is 12.4. The Balaban J connectivity index is 1.97. The number of hydrogen-bond donors (Lipinski definition) is 0. The SMILES string of the molecule is O=S(=O)(Cc1ccc(Cl)c(Cl)c1)c1nc2ccccc2s1. The maximum atomic E-state index is 12.4. The van der Waals surface area contributed by atoms with E-state index < -0.39 is 9.84 Å². The van der Waals surface area contributed by atoms with Gasteiger partial charge in [-0.25, -0.2) is 13.4 Å². The first-order valence-electron chi connectivity index (χ1n) is 5.98. The standard InChI is InChI=1S/C14H9Cl2NO2S2/c15-10-6-5-9(7-11(10)16)8-21(18,19)14-17-12-3-1-2-4-13(12)20-14/h1-7H,8H2. The fraction of sp³-hybridized carbons (Fsp3) is 0.0714. The van der Waals surface area contributed by atoms with Crippen LogP contribution in [0.1, 0.15) is 5.56 Å². The highest BCUT2D eigenvalue weighted by Crippen LogP contribution is 2.29. The van der Waals surface area contributed by atoms with Crippen molar-refractivity contribution in [2.45, 2.75) is 10.1 Å². The highest BCUT2D eigenvalue weighted by atomic mass is 35.5. The van der Waals surface area contributed by atoms with Crippen molar-refractivity contribution in [3.63, 3.8) is 0 Å². The van der Waals surface area contributed by atoms with Crippen LogP contribution in [-0.4, -0.2) is 13.4 Å². The number of rotatable bonds is 3. The van der Waals surface area contributed by atoms with Gasteiger partial charge in [-0.05, 0) is 29.8 Å². The van der Waals surface area contributed by atoms with Crippen molar-refractivity contribution in [3.8, 4) is 0 Å². The van der Waals surface area contributed by atoms with Crippen molar-refractivity contribution in [1.82, 2.24) is 4.98 Å². The van der Waals surface area contributed by atoms with Crippen molar-refractivity contribution in [2.75, 3.05) is 0 Å². The Bertz CT molecular complexity index is 887. The van der Waals surface area contributed by atoms with Crippen LogP contribution in [-0.2, 0) is 15.6 Å². The van der Waals surface area contributed by atoms with Crippen LogP contribution in [0.15, 0.2) is 46.8 Å². The van der Waals surface area contributed by atoms with E-state index in [4.69, 9.17) is 23.2 Å². The van der Waals surface area contributed by atoms with Crippen LogP contribution in [0.2, 0.25) is 10.0 Å². The topological polar surface area (TPSA) is 47.0 Å². The summed E-state index contributed by atoms with van der Waals surface area (Å²) in [5.41, 5.74) is 1.28. The predicted octanol–water partition coefficient (Wildman–Crippen LogP) is 4.58. The van der Waals surface area contributed by atoms with Crippen LogP contribution >= 0.6 is 34.5 Å². The summed E-state index contributed by atoms with van der Waals surface area (Å²) in [6.45, 7) is 0. The summed E-state index contributed by atoms with van der Waals surface area (Å²) < 4.78 is 25.9. The molecular weight excluding hydrogens is 349 g/mol. The second-order valence-corrected chi connectivity index (χ2v) is 8.46. The maximum Gasteiger partial charge on any atom is 0.210 e. The first-order valence-corrected chi connectivity index (χ1v) is 9.20. The van der Waals surface area contributed by atoms with Crippen molar-refractivity contribution in [3.05, 3.63) is 58.1 Å². The first-order chi connectivity index (χ1) is 9.95. The molecular formula is C14H9Cl2NO2S2. The van der Waals surface area contributed by atoms with Crippen LogP contribution in [0.25, 0.3) is 10.2 Å². The molecule has 1 heterocycles. The molecule has 108 valence electrons. The Hall–Kier alpha value is -1.14. The number of aromatic nitrogens is 1. The molecule has 0 unspecified atom stereocenters. The number of para-hydroxylation sites is 1. The van der Waals surface area contributed by atoms with E-state index in [0.717, 1.165) is 4.70 Å². The van der Waals surface area contributed by atoms with Crippen LogP contribution < -0.4 is 0 Å². The van der Waals surface area contributed by atoms with E-state index in [-0.39, 0.29) is 10.1 Å². The highest BCUT2D eigenvalue weighted by Gasteiger charge is 2.20. The molecule has 7 heteroatoms. The van der Waals surface area contributed by atoms with Gasteiger partial charge in [0.25, 0.3) is 0 Å². The van der Waals surface area contributed by atoms with E-state index >= 15 is 0 Å². The van der Waals surface area contributed by atoms with Crippen LogP contribution in [0.4, 0.5) is 0 Å². The number of sulfone groups is 1. The third-order valence-corrected chi connectivity index (χ3v) is 6.80. The quantitative estimate of drug-likeness (QED) is 0.689. The zero-order valence-corrected chi connectivity index (χ0v) is 13.7. The minimum absolute atomic E-state index is 0.120. The largest absolute Gasteiger partial charge is 0.225 e. The summed E-state index contributed by atoms with van der Waals surface area (Å²) in [6, 6.07) is 12.1. The van der Waals surface area contributed by atoms with E-state index in [9.17, 15) is 8.42 Å². The van der Waals surface area contributed by atoms with E-state index in [2.05, 4.69) is 4.98 Å². The molecule has 0 spiro atoms. The second kappa shape index (κ2) is 5.57. The van der Waals surface area contributed by atoms with Crippen molar-refractivity contribution in [1.29, 1.82) is 0 Å². The molecule has 0 radical (unpaired) electrons. The number of benzene rings is 2. The minimum Gasteiger partial charge on any atom is -0.225 e. The lowest BCUT2D eigenvalue weighted by Crippen LogP contribution is -2.04. The molecule has 0 saturated carbocycles. The fourth-order valence-corrected chi connectivity index (χ4v) is 4.85. The summed E-state index contributed by atoms with van der Waals surface area (Å²) in [4.78, 5) is 4.19. The molecule has 0 N–H and O–H groups in total. The molecule has 2 aromatic carbocycles. The summed E-state index contributed by atoms with van der Waals surface area (Å²) in [6.07, 6.45) is 0.